The lowest BCUT2D eigenvalue weighted by Gasteiger charge is -2.15. The second-order valence-electron chi connectivity index (χ2n) is 6.90. The van der Waals surface area contributed by atoms with E-state index in [1.165, 1.54) is 4.57 Å². The minimum atomic E-state index is -3.50. The second kappa shape index (κ2) is 7.36. The molecule has 0 saturated heterocycles. The largest absolute Gasteiger partial charge is 0.497 e. The Bertz CT molecular complexity index is 1150. The van der Waals surface area contributed by atoms with E-state index in [1.54, 1.807) is 31.4 Å². The van der Waals surface area contributed by atoms with Crippen LogP contribution in [0.25, 0.3) is 11.3 Å². The normalized spacial score (nSPS) is 15.5. The first-order valence-corrected chi connectivity index (χ1v) is 10.9. The summed E-state index contributed by atoms with van der Waals surface area (Å²) in [6, 6.07) is 16.4. The van der Waals surface area contributed by atoms with E-state index in [0.29, 0.717) is 17.0 Å². The quantitative estimate of drug-likeness (QED) is 0.697. The summed E-state index contributed by atoms with van der Waals surface area (Å²) in [5.41, 5.74) is 2.22. The van der Waals surface area contributed by atoms with Crippen molar-refractivity contribution < 1.29 is 17.9 Å². The number of aromatic nitrogens is 2. The highest BCUT2D eigenvalue weighted by Gasteiger charge is 2.35. The molecule has 0 saturated carbocycles. The summed E-state index contributed by atoms with van der Waals surface area (Å²) in [7, 11) is -1.93. The van der Waals surface area contributed by atoms with E-state index in [-0.39, 0.29) is 35.1 Å². The van der Waals surface area contributed by atoms with Crippen molar-refractivity contribution in [1.29, 1.82) is 0 Å². The molecule has 7 nitrogen and oxygen atoms in total. The third-order valence-corrected chi connectivity index (χ3v) is 6.61. The second-order valence-corrected chi connectivity index (χ2v) is 8.90. The molecule has 0 spiro atoms. The van der Waals surface area contributed by atoms with Crippen LogP contribution in [-0.2, 0) is 16.4 Å². The Labute approximate surface area is 169 Å². The van der Waals surface area contributed by atoms with Gasteiger partial charge in [-0.15, -0.1) is 0 Å². The van der Waals surface area contributed by atoms with Crippen LogP contribution in [0, 0.1) is 0 Å². The number of hydrogen-bond acceptors (Lipinski definition) is 5. The van der Waals surface area contributed by atoms with E-state index in [0.717, 1.165) is 5.56 Å². The van der Waals surface area contributed by atoms with Crippen molar-refractivity contribution >= 4 is 15.7 Å². The van der Waals surface area contributed by atoms with Gasteiger partial charge in [-0.1, -0.05) is 30.3 Å². The molecule has 1 aliphatic heterocycles. The molecule has 1 atom stereocenters. The molecule has 2 aromatic carbocycles. The summed E-state index contributed by atoms with van der Waals surface area (Å²) in [5, 5.41) is 2.91. The number of sulfone groups is 1. The van der Waals surface area contributed by atoms with Gasteiger partial charge < -0.3 is 14.6 Å². The minimum absolute atomic E-state index is 0.0489. The third kappa shape index (κ3) is 3.51. The fourth-order valence-electron chi connectivity index (χ4n) is 3.45. The highest BCUT2D eigenvalue weighted by atomic mass is 32.2. The highest BCUT2D eigenvalue weighted by molar-refractivity contribution is 7.91. The molecule has 1 amide bonds. The van der Waals surface area contributed by atoms with Crippen LogP contribution in [-0.4, -0.2) is 36.7 Å². The zero-order chi connectivity index (χ0) is 20.6. The van der Waals surface area contributed by atoms with Crippen molar-refractivity contribution in [2.24, 2.45) is 0 Å². The molecule has 0 bridgehead atoms. The summed E-state index contributed by atoms with van der Waals surface area (Å²) in [5.74, 6) is 0.257. The molecule has 0 radical (unpaired) electrons. The van der Waals surface area contributed by atoms with Crippen molar-refractivity contribution in [3.63, 3.8) is 0 Å². The summed E-state index contributed by atoms with van der Waals surface area (Å²) in [4.78, 5) is 17.5. The molecule has 1 aliphatic rings. The Morgan fingerprint density at radius 2 is 1.83 bits per heavy atom. The highest BCUT2D eigenvalue weighted by Crippen LogP contribution is 2.31. The van der Waals surface area contributed by atoms with Crippen LogP contribution in [0.1, 0.15) is 29.0 Å². The molecule has 1 aromatic heterocycles. The Hall–Kier alpha value is -3.13. The van der Waals surface area contributed by atoms with Crippen molar-refractivity contribution in [3.8, 4) is 17.0 Å². The number of imidazole rings is 1. The third-order valence-electron chi connectivity index (χ3n) is 5.02. The van der Waals surface area contributed by atoms with Crippen molar-refractivity contribution in [2.75, 3.05) is 12.9 Å². The van der Waals surface area contributed by atoms with Gasteiger partial charge in [-0.05, 0) is 36.8 Å². The lowest BCUT2D eigenvalue weighted by Crippen LogP contribution is -2.29. The van der Waals surface area contributed by atoms with Gasteiger partial charge in [0.1, 0.15) is 17.1 Å². The first-order chi connectivity index (χ1) is 13.9. The summed E-state index contributed by atoms with van der Waals surface area (Å²) < 4.78 is 31.4. The Kier molecular flexibility index (Phi) is 4.87. The lowest BCUT2D eigenvalue weighted by molar-refractivity contribution is 0.0931. The molecule has 150 valence electrons. The molecule has 0 unspecified atom stereocenters. The van der Waals surface area contributed by atoms with Gasteiger partial charge in [0, 0.05) is 12.1 Å². The molecule has 0 aliphatic carbocycles. The fourth-order valence-corrected chi connectivity index (χ4v) is 4.80. The number of nitrogens with zero attached hydrogens (tertiary/aromatic N) is 2. The maximum Gasteiger partial charge on any atom is 0.270 e. The zero-order valence-electron chi connectivity index (χ0n) is 16.1. The van der Waals surface area contributed by atoms with Crippen LogP contribution in [0.3, 0.4) is 0 Å². The van der Waals surface area contributed by atoms with E-state index in [1.807, 2.05) is 37.3 Å². The SMILES string of the molecule is COc1ccc(-c2nc3n(c2C(=O)N[C@@H](C)c2ccccc2)CCS3(=O)=O)cc1. The van der Waals surface area contributed by atoms with Gasteiger partial charge in [-0.2, -0.15) is 0 Å². The summed E-state index contributed by atoms with van der Waals surface area (Å²) >= 11 is 0. The van der Waals surface area contributed by atoms with Crippen molar-refractivity contribution in [3.05, 3.63) is 65.9 Å². The van der Waals surface area contributed by atoms with E-state index < -0.39 is 9.84 Å². The summed E-state index contributed by atoms with van der Waals surface area (Å²) in [6.07, 6.45) is 0. The zero-order valence-corrected chi connectivity index (χ0v) is 16.9. The minimum Gasteiger partial charge on any atom is -0.497 e. The monoisotopic (exact) mass is 411 g/mol. The first kappa shape index (κ1) is 19.2. The molecule has 29 heavy (non-hydrogen) atoms. The van der Waals surface area contributed by atoms with Crippen LogP contribution in [0.2, 0.25) is 0 Å². The van der Waals surface area contributed by atoms with Gasteiger partial charge >= 0.3 is 0 Å². The Morgan fingerprint density at radius 3 is 2.48 bits per heavy atom. The van der Waals surface area contributed by atoms with Gasteiger partial charge in [0.2, 0.25) is 15.0 Å². The molecule has 4 rings (SSSR count). The number of ether oxygens (including phenoxy) is 1. The number of carbonyl (C=O) groups is 1. The standard InChI is InChI=1S/C21H21N3O4S/c1-14(15-6-4-3-5-7-15)22-20(25)19-18(16-8-10-17(28-2)11-9-16)23-21-24(19)12-13-29(21,26)27/h3-11,14H,12-13H2,1-2H3,(H,22,25)/t14-/m0/s1. The van der Waals surface area contributed by atoms with Gasteiger partial charge in [0.15, 0.2) is 0 Å². The predicted octanol–water partition coefficient (Wildman–Crippen LogP) is 2.84. The molecule has 1 N–H and O–H groups in total. The number of carbonyl (C=O) groups excluding carboxylic acids is 1. The number of hydrogen-bond donors (Lipinski definition) is 1. The van der Waals surface area contributed by atoms with E-state index in [9.17, 15) is 13.2 Å². The average molecular weight is 411 g/mol. The maximum absolute atomic E-state index is 13.2. The van der Waals surface area contributed by atoms with Crippen molar-refractivity contribution in [1.82, 2.24) is 14.9 Å². The number of amides is 1. The molecule has 2 heterocycles. The van der Waals surface area contributed by atoms with Gasteiger partial charge in [0.25, 0.3) is 5.91 Å². The number of benzene rings is 2. The van der Waals surface area contributed by atoms with E-state index in [4.69, 9.17) is 4.74 Å². The van der Waals surface area contributed by atoms with Crippen LogP contribution in [0.4, 0.5) is 0 Å². The van der Waals surface area contributed by atoms with E-state index in [2.05, 4.69) is 10.3 Å². The smallest absolute Gasteiger partial charge is 0.270 e. The molecular weight excluding hydrogens is 390 g/mol. The van der Waals surface area contributed by atoms with Gasteiger partial charge in [0.05, 0.1) is 18.9 Å². The molecule has 8 heteroatoms. The van der Waals surface area contributed by atoms with Crippen LogP contribution < -0.4 is 10.1 Å². The maximum atomic E-state index is 13.2. The van der Waals surface area contributed by atoms with Gasteiger partial charge in [-0.3, -0.25) is 4.79 Å². The van der Waals surface area contributed by atoms with Crippen LogP contribution in [0.15, 0.2) is 59.8 Å². The summed E-state index contributed by atoms with van der Waals surface area (Å²) in [6.45, 7) is 2.10. The first-order valence-electron chi connectivity index (χ1n) is 9.24. The van der Waals surface area contributed by atoms with Crippen LogP contribution >= 0.6 is 0 Å². The molecule has 3 aromatic rings. The lowest BCUT2D eigenvalue weighted by atomic mass is 10.1. The average Bonchev–Trinajstić information content (AvgIpc) is 3.26. The predicted molar refractivity (Wildman–Crippen MR) is 109 cm³/mol. The van der Waals surface area contributed by atoms with Crippen LogP contribution in [0.5, 0.6) is 5.75 Å². The molecule has 0 fully saturated rings. The number of rotatable bonds is 5. The molecular formula is C21H21N3O4S. The number of methoxy groups -OCH3 is 1. The number of nitrogens with one attached hydrogen (secondary N) is 1. The Morgan fingerprint density at radius 1 is 1.14 bits per heavy atom. The van der Waals surface area contributed by atoms with E-state index >= 15 is 0 Å². The number of fused-ring (bicyclic) bond motifs is 1. The topological polar surface area (TPSA) is 90.3 Å². The van der Waals surface area contributed by atoms with Gasteiger partial charge in [-0.25, -0.2) is 13.4 Å². The fraction of sp³-hybridized carbons (Fsp3) is 0.238. The van der Waals surface area contributed by atoms with Crippen molar-refractivity contribution in [2.45, 2.75) is 24.7 Å². The Balaban J connectivity index is 1.76.